The maximum Gasteiger partial charge on any atom is 0.238 e. The zero-order valence-corrected chi connectivity index (χ0v) is 10.8. The summed E-state index contributed by atoms with van der Waals surface area (Å²) in [6, 6.07) is 3.33. The number of hydrogen-bond donors (Lipinski definition) is 2. The fourth-order valence-electron chi connectivity index (χ4n) is 1.18. The summed E-state index contributed by atoms with van der Waals surface area (Å²) >= 11 is 11.9. The number of carbonyl (C=O) groups excluding carboxylic acids is 1. The van der Waals surface area contributed by atoms with E-state index in [1.807, 2.05) is 6.92 Å². The van der Waals surface area contributed by atoms with Crippen LogP contribution in [0.15, 0.2) is 12.1 Å². The molecular formula is C12H12Cl2N2O. The van der Waals surface area contributed by atoms with E-state index in [-0.39, 0.29) is 12.5 Å². The van der Waals surface area contributed by atoms with Gasteiger partial charge in [0.1, 0.15) is 0 Å². The third-order valence-electron chi connectivity index (χ3n) is 2.04. The standard InChI is InChI=1S/C12H12Cl2N2O/c1-3-4-15-7-12(17)16-11-6-9(13)8(2)5-10(11)14/h1,5-6,15H,4,7H2,2H3,(H,16,17). The summed E-state index contributed by atoms with van der Waals surface area (Å²) < 4.78 is 0. The molecule has 90 valence electrons. The van der Waals surface area contributed by atoms with Crippen LogP contribution in [-0.2, 0) is 4.79 Å². The number of amides is 1. The minimum absolute atomic E-state index is 0.131. The normalized spacial score (nSPS) is 9.76. The molecule has 0 atom stereocenters. The summed E-state index contributed by atoms with van der Waals surface area (Å²) in [5.74, 6) is 2.16. The molecule has 0 aliphatic rings. The first-order valence-electron chi connectivity index (χ1n) is 4.94. The van der Waals surface area contributed by atoms with Gasteiger partial charge in [-0.3, -0.25) is 10.1 Å². The Balaban J connectivity index is 2.66. The summed E-state index contributed by atoms with van der Waals surface area (Å²) in [5, 5.41) is 6.44. The number of hydrogen-bond acceptors (Lipinski definition) is 2. The van der Waals surface area contributed by atoms with Crippen molar-refractivity contribution in [2.75, 3.05) is 18.4 Å². The van der Waals surface area contributed by atoms with E-state index in [4.69, 9.17) is 29.6 Å². The molecule has 0 radical (unpaired) electrons. The number of rotatable bonds is 4. The van der Waals surface area contributed by atoms with E-state index in [0.29, 0.717) is 22.3 Å². The molecule has 1 amide bonds. The zero-order chi connectivity index (χ0) is 12.8. The monoisotopic (exact) mass is 270 g/mol. The number of anilines is 1. The van der Waals surface area contributed by atoms with E-state index in [9.17, 15) is 4.79 Å². The van der Waals surface area contributed by atoms with Gasteiger partial charge in [-0.2, -0.15) is 0 Å². The smallest absolute Gasteiger partial charge is 0.238 e. The van der Waals surface area contributed by atoms with Crippen molar-refractivity contribution in [3.63, 3.8) is 0 Å². The molecule has 1 aromatic carbocycles. The fraction of sp³-hybridized carbons (Fsp3) is 0.250. The summed E-state index contributed by atoms with van der Waals surface area (Å²) in [6.45, 7) is 2.32. The molecule has 0 spiro atoms. The Kier molecular flexibility index (Phi) is 5.30. The Morgan fingerprint density at radius 2 is 2.12 bits per heavy atom. The van der Waals surface area contributed by atoms with Gasteiger partial charge in [0.15, 0.2) is 0 Å². The topological polar surface area (TPSA) is 41.1 Å². The second kappa shape index (κ2) is 6.51. The first-order chi connectivity index (χ1) is 8.04. The third-order valence-corrected chi connectivity index (χ3v) is 2.75. The zero-order valence-electron chi connectivity index (χ0n) is 9.31. The average Bonchev–Trinajstić information content (AvgIpc) is 2.26. The highest BCUT2D eigenvalue weighted by molar-refractivity contribution is 6.36. The first-order valence-corrected chi connectivity index (χ1v) is 5.70. The lowest BCUT2D eigenvalue weighted by Crippen LogP contribution is -2.28. The molecule has 0 aromatic heterocycles. The number of aryl methyl sites for hydroxylation is 1. The van der Waals surface area contributed by atoms with Crippen molar-refractivity contribution in [1.29, 1.82) is 0 Å². The lowest BCUT2D eigenvalue weighted by Gasteiger charge is -2.09. The van der Waals surface area contributed by atoms with E-state index in [0.717, 1.165) is 5.56 Å². The number of nitrogens with one attached hydrogen (secondary N) is 2. The molecule has 0 unspecified atom stereocenters. The maximum atomic E-state index is 11.5. The van der Waals surface area contributed by atoms with E-state index in [1.54, 1.807) is 12.1 Å². The molecule has 1 rings (SSSR count). The van der Waals surface area contributed by atoms with Gasteiger partial charge >= 0.3 is 0 Å². The molecule has 0 aliphatic carbocycles. The van der Waals surface area contributed by atoms with Crippen LogP contribution in [-0.4, -0.2) is 19.0 Å². The summed E-state index contributed by atoms with van der Waals surface area (Å²) in [5.41, 5.74) is 1.36. The van der Waals surface area contributed by atoms with Gasteiger partial charge in [0.2, 0.25) is 5.91 Å². The maximum absolute atomic E-state index is 11.5. The fourth-order valence-corrected chi connectivity index (χ4v) is 1.61. The van der Waals surface area contributed by atoms with Crippen LogP contribution >= 0.6 is 23.2 Å². The van der Waals surface area contributed by atoms with Crippen molar-refractivity contribution in [2.45, 2.75) is 6.92 Å². The van der Waals surface area contributed by atoms with Crippen molar-refractivity contribution in [1.82, 2.24) is 5.32 Å². The molecular weight excluding hydrogens is 259 g/mol. The highest BCUT2D eigenvalue weighted by Gasteiger charge is 2.07. The largest absolute Gasteiger partial charge is 0.324 e. The Morgan fingerprint density at radius 3 is 2.76 bits per heavy atom. The van der Waals surface area contributed by atoms with Gasteiger partial charge in [-0.1, -0.05) is 29.1 Å². The van der Waals surface area contributed by atoms with Gasteiger partial charge in [0.25, 0.3) is 0 Å². The molecule has 0 fully saturated rings. The molecule has 2 N–H and O–H groups in total. The van der Waals surface area contributed by atoms with E-state index >= 15 is 0 Å². The van der Waals surface area contributed by atoms with Gasteiger partial charge in [-0.25, -0.2) is 0 Å². The third kappa shape index (κ3) is 4.27. The molecule has 0 saturated carbocycles. The van der Waals surface area contributed by atoms with Gasteiger partial charge in [0, 0.05) is 5.02 Å². The van der Waals surface area contributed by atoms with E-state index in [1.165, 1.54) is 0 Å². The number of benzene rings is 1. The van der Waals surface area contributed by atoms with Crippen molar-refractivity contribution >= 4 is 34.8 Å². The predicted octanol–water partition coefficient (Wildman–Crippen LogP) is 2.46. The molecule has 0 heterocycles. The number of carbonyl (C=O) groups is 1. The van der Waals surface area contributed by atoms with Gasteiger partial charge in [-0.05, 0) is 24.6 Å². The second-order valence-electron chi connectivity index (χ2n) is 3.44. The number of terminal acetylenes is 1. The Labute approximate surface area is 110 Å². The molecule has 0 bridgehead atoms. The molecule has 0 saturated heterocycles. The Morgan fingerprint density at radius 1 is 1.41 bits per heavy atom. The van der Waals surface area contributed by atoms with Crippen LogP contribution in [0.25, 0.3) is 0 Å². The minimum atomic E-state index is -0.220. The average molecular weight is 271 g/mol. The summed E-state index contributed by atoms with van der Waals surface area (Å²) in [4.78, 5) is 11.5. The Bertz CT molecular complexity index is 466. The van der Waals surface area contributed by atoms with Crippen LogP contribution in [0, 0.1) is 19.3 Å². The summed E-state index contributed by atoms with van der Waals surface area (Å²) in [7, 11) is 0. The number of halogens is 2. The molecule has 3 nitrogen and oxygen atoms in total. The van der Waals surface area contributed by atoms with Crippen molar-refractivity contribution in [2.24, 2.45) is 0 Å². The SMILES string of the molecule is C#CCNCC(=O)Nc1cc(Cl)c(C)cc1Cl. The predicted molar refractivity (Wildman–Crippen MR) is 71.5 cm³/mol. The van der Waals surface area contributed by atoms with Crippen molar-refractivity contribution < 1.29 is 4.79 Å². The van der Waals surface area contributed by atoms with Gasteiger partial charge in [0.05, 0.1) is 23.8 Å². The molecule has 1 aromatic rings. The van der Waals surface area contributed by atoms with E-state index < -0.39 is 0 Å². The quantitative estimate of drug-likeness (QED) is 0.652. The highest BCUT2D eigenvalue weighted by Crippen LogP contribution is 2.28. The van der Waals surface area contributed by atoms with Crippen LogP contribution in [0.2, 0.25) is 10.0 Å². The van der Waals surface area contributed by atoms with Crippen molar-refractivity contribution in [3.05, 3.63) is 27.7 Å². The molecule has 0 aliphatic heterocycles. The highest BCUT2D eigenvalue weighted by atomic mass is 35.5. The van der Waals surface area contributed by atoms with Crippen LogP contribution in [0.3, 0.4) is 0 Å². The van der Waals surface area contributed by atoms with Gasteiger partial charge in [-0.15, -0.1) is 6.42 Å². The van der Waals surface area contributed by atoms with E-state index in [2.05, 4.69) is 16.6 Å². The molecule has 17 heavy (non-hydrogen) atoms. The Hall–Kier alpha value is -1.21. The van der Waals surface area contributed by atoms with Crippen LogP contribution in [0.5, 0.6) is 0 Å². The van der Waals surface area contributed by atoms with Crippen LogP contribution in [0.1, 0.15) is 5.56 Å². The van der Waals surface area contributed by atoms with Crippen LogP contribution in [0.4, 0.5) is 5.69 Å². The molecule has 5 heteroatoms. The van der Waals surface area contributed by atoms with Crippen LogP contribution < -0.4 is 10.6 Å². The minimum Gasteiger partial charge on any atom is -0.324 e. The second-order valence-corrected chi connectivity index (χ2v) is 4.25. The lowest BCUT2D eigenvalue weighted by atomic mass is 10.2. The first kappa shape index (κ1) is 13.9. The van der Waals surface area contributed by atoms with Gasteiger partial charge < -0.3 is 5.32 Å². The lowest BCUT2D eigenvalue weighted by molar-refractivity contribution is -0.115. The summed E-state index contributed by atoms with van der Waals surface area (Å²) in [6.07, 6.45) is 5.05. The van der Waals surface area contributed by atoms with Crippen molar-refractivity contribution in [3.8, 4) is 12.3 Å².